The molecule has 2 N–H and O–H groups in total. The maximum Gasteiger partial charge on any atom is 0.243 e. The molecular formula is C21H23Cl2N3O. The van der Waals surface area contributed by atoms with Gasteiger partial charge in [0.05, 0.1) is 0 Å². The Kier molecular flexibility index (Phi) is 6.42. The largest absolute Gasteiger partial charge is 0.383 e. The molecule has 0 fully saturated rings. The van der Waals surface area contributed by atoms with Gasteiger partial charge in [0.2, 0.25) is 5.91 Å². The Morgan fingerprint density at radius 1 is 1.30 bits per heavy atom. The van der Waals surface area contributed by atoms with Gasteiger partial charge < -0.3 is 15.5 Å². The van der Waals surface area contributed by atoms with Crippen molar-refractivity contribution in [3.05, 3.63) is 75.8 Å². The van der Waals surface area contributed by atoms with Crippen LogP contribution in [0.5, 0.6) is 0 Å². The molecule has 1 heterocycles. The van der Waals surface area contributed by atoms with Crippen LogP contribution in [0.1, 0.15) is 22.6 Å². The third-order valence-corrected chi connectivity index (χ3v) is 5.28. The normalized spacial score (nSPS) is 16.5. The summed E-state index contributed by atoms with van der Waals surface area (Å²) in [4.78, 5) is 13.5. The molecule has 1 aliphatic heterocycles. The summed E-state index contributed by atoms with van der Waals surface area (Å²) in [6, 6.07) is 12.2. The Labute approximate surface area is 170 Å². The number of carbonyl (C=O) groups is 1. The fraction of sp³-hybridized carbons (Fsp3) is 0.286. The summed E-state index contributed by atoms with van der Waals surface area (Å²) in [5, 5.41) is 7.49. The quantitative estimate of drug-likeness (QED) is 0.558. The lowest BCUT2D eigenvalue weighted by Crippen LogP contribution is -2.31. The molecule has 4 nitrogen and oxygen atoms in total. The molecule has 0 saturated carbocycles. The highest BCUT2D eigenvalue weighted by molar-refractivity contribution is 6.35. The fourth-order valence-electron chi connectivity index (χ4n) is 3.46. The van der Waals surface area contributed by atoms with Gasteiger partial charge >= 0.3 is 0 Å². The standard InChI is InChI=1S/C21H23Cl2N3O/c1-3-21(27)25-8-7-24-16-6-4-5-14(9-16)18-12-26(2)13-19-17(18)10-15(22)11-20(19)23/h3-6,9-11,18,24H,1,7-8,12-13H2,2H3,(H,25,27). The van der Waals surface area contributed by atoms with Crippen LogP contribution < -0.4 is 10.6 Å². The van der Waals surface area contributed by atoms with Gasteiger partial charge in [-0.25, -0.2) is 0 Å². The summed E-state index contributed by atoms with van der Waals surface area (Å²) in [7, 11) is 2.10. The predicted molar refractivity (Wildman–Crippen MR) is 113 cm³/mol. The zero-order valence-corrected chi connectivity index (χ0v) is 16.8. The number of anilines is 1. The Hall–Kier alpha value is -2.01. The summed E-state index contributed by atoms with van der Waals surface area (Å²) < 4.78 is 0. The molecule has 2 aromatic carbocycles. The first-order valence-corrected chi connectivity index (χ1v) is 9.64. The third kappa shape index (κ3) is 4.83. The first-order chi connectivity index (χ1) is 13.0. The molecule has 142 valence electrons. The predicted octanol–water partition coefficient (Wildman–Crippen LogP) is 4.28. The van der Waals surface area contributed by atoms with Crippen LogP contribution in [0.15, 0.2) is 49.1 Å². The van der Waals surface area contributed by atoms with Crippen molar-refractivity contribution in [2.24, 2.45) is 0 Å². The van der Waals surface area contributed by atoms with E-state index in [-0.39, 0.29) is 11.8 Å². The van der Waals surface area contributed by atoms with Crippen molar-refractivity contribution in [1.82, 2.24) is 10.2 Å². The first kappa shape index (κ1) is 19.7. The van der Waals surface area contributed by atoms with E-state index in [1.54, 1.807) is 0 Å². The highest BCUT2D eigenvalue weighted by Crippen LogP contribution is 2.38. The van der Waals surface area contributed by atoms with E-state index < -0.39 is 0 Å². The molecule has 0 saturated heterocycles. The van der Waals surface area contributed by atoms with E-state index in [0.717, 1.165) is 29.4 Å². The molecule has 0 spiro atoms. The molecule has 1 atom stereocenters. The highest BCUT2D eigenvalue weighted by Gasteiger charge is 2.27. The molecule has 2 aromatic rings. The fourth-order valence-corrected chi connectivity index (χ4v) is 4.03. The molecule has 1 aliphatic rings. The maximum atomic E-state index is 11.2. The second kappa shape index (κ2) is 8.79. The smallest absolute Gasteiger partial charge is 0.243 e. The van der Waals surface area contributed by atoms with E-state index in [4.69, 9.17) is 23.2 Å². The summed E-state index contributed by atoms with van der Waals surface area (Å²) in [5.41, 5.74) is 4.57. The number of likely N-dealkylation sites (N-methyl/N-ethyl adjacent to an activating group) is 1. The Morgan fingerprint density at radius 3 is 2.89 bits per heavy atom. The van der Waals surface area contributed by atoms with Gasteiger partial charge in [0.25, 0.3) is 0 Å². The molecule has 0 bridgehead atoms. The SMILES string of the molecule is C=CC(=O)NCCNc1cccc(C2CN(C)Cc3c(Cl)cc(Cl)cc32)c1. The number of nitrogens with one attached hydrogen (secondary N) is 2. The number of hydrogen-bond acceptors (Lipinski definition) is 3. The zero-order valence-electron chi connectivity index (χ0n) is 15.3. The van der Waals surface area contributed by atoms with E-state index in [9.17, 15) is 4.79 Å². The molecule has 27 heavy (non-hydrogen) atoms. The van der Waals surface area contributed by atoms with E-state index in [1.165, 1.54) is 17.2 Å². The summed E-state index contributed by atoms with van der Waals surface area (Å²) in [6.45, 7) is 6.35. The Morgan fingerprint density at radius 2 is 2.11 bits per heavy atom. The number of amides is 1. The van der Waals surface area contributed by atoms with E-state index >= 15 is 0 Å². The van der Waals surface area contributed by atoms with Gasteiger partial charge in [0.1, 0.15) is 0 Å². The molecule has 6 heteroatoms. The lowest BCUT2D eigenvalue weighted by molar-refractivity contribution is -0.116. The number of benzene rings is 2. The van der Waals surface area contributed by atoms with E-state index in [0.29, 0.717) is 18.1 Å². The van der Waals surface area contributed by atoms with Gasteiger partial charge in [0, 0.05) is 47.8 Å². The minimum atomic E-state index is -0.166. The van der Waals surface area contributed by atoms with Crippen molar-refractivity contribution >= 4 is 34.8 Å². The average Bonchev–Trinajstić information content (AvgIpc) is 2.65. The zero-order chi connectivity index (χ0) is 19.4. The number of carbonyl (C=O) groups excluding carboxylic acids is 1. The van der Waals surface area contributed by atoms with Crippen LogP contribution in [-0.2, 0) is 11.3 Å². The monoisotopic (exact) mass is 403 g/mol. The van der Waals surface area contributed by atoms with Crippen molar-refractivity contribution in [2.75, 3.05) is 32.0 Å². The van der Waals surface area contributed by atoms with Crippen molar-refractivity contribution in [1.29, 1.82) is 0 Å². The molecule has 3 rings (SSSR count). The average molecular weight is 404 g/mol. The number of hydrogen-bond donors (Lipinski definition) is 2. The number of nitrogens with zero attached hydrogens (tertiary/aromatic N) is 1. The first-order valence-electron chi connectivity index (χ1n) is 8.88. The molecule has 1 amide bonds. The van der Waals surface area contributed by atoms with Crippen LogP contribution in [0, 0.1) is 0 Å². The Balaban J connectivity index is 1.79. The second-order valence-corrected chi connectivity index (χ2v) is 7.60. The second-order valence-electron chi connectivity index (χ2n) is 6.75. The van der Waals surface area contributed by atoms with Crippen LogP contribution in [-0.4, -0.2) is 37.5 Å². The molecular weight excluding hydrogens is 381 g/mol. The minimum absolute atomic E-state index is 0.166. The lowest BCUT2D eigenvalue weighted by Gasteiger charge is -2.33. The van der Waals surface area contributed by atoms with Crippen molar-refractivity contribution in [2.45, 2.75) is 12.5 Å². The van der Waals surface area contributed by atoms with Crippen molar-refractivity contribution in [3.8, 4) is 0 Å². The van der Waals surface area contributed by atoms with Crippen molar-refractivity contribution < 1.29 is 4.79 Å². The van der Waals surface area contributed by atoms with Gasteiger partial charge in [-0.1, -0.05) is 41.9 Å². The molecule has 0 radical (unpaired) electrons. The van der Waals surface area contributed by atoms with Crippen LogP contribution >= 0.6 is 23.2 Å². The van der Waals surface area contributed by atoms with Gasteiger partial charge in [-0.3, -0.25) is 4.79 Å². The Bertz CT molecular complexity index is 853. The van der Waals surface area contributed by atoms with Crippen molar-refractivity contribution in [3.63, 3.8) is 0 Å². The minimum Gasteiger partial charge on any atom is -0.383 e. The van der Waals surface area contributed by atoms with Gasteiger partial charge in [-0.15, -0.1) is 0 Å². The third-order valence-electron chi connectivity index (χ3n) is 4.72. The van der Waals surface area contributed by atoms with Crippen LogP contribution in [0.25, 0.3) is 0 Å². The van der Waals surface area contributed by atoms with Crippen LogP contribution in [0.3, 0.4) is 0 Å². The summed E-state index contributed by atoms with van der Waals surface area (Å²) >= 11 is 12.7. The number of fused-ring (bicyclic) bond motifs is 1. The summed E-state index contributed by atoms with van der Waals surface area (Å²) in [6.07, 6.45) is 1.27. The van der Waals surface area contributed by atoms with E-state index in [2.05, 4.69) is 41.3 Å². The van der Waals surface area contributed by atoms with Gasteiger partial charge in [-0.05, 0) is 54.1 Å². The maximum absolute atomic E-state index is 11.2. The van der Waals surface area contributed by atoms with Gasteiger partial charge in [0.15, 0.2) is 0 Å². The summed E-state index contributed by atoms with van der Waals surface area (Å²) in [5.74, 6) is 0.0401. The molecule has 0 aromatic heterocycles. The van der Waals surface area contributed by atoms with E-state index in [1.807, 2.05) is 24.3 Å². The highest BCUT2D eigenvalue weighted by atomic mass is 35.5. The number of halogens is 2. The lowest BCUT2D eigenvalue weighted by atomic mass is 9.84. The number of rotatable bonds is 6. The molecule has 0 aliphatic carbocycles. The molecule has 1 unspecified atom stereocenters. The topological polar surface area (TPSA) is 44.4 Å². The van der Waals surface area contributed by atoms with Crippen LogP contribution in [0.2, 0.25) is 10.0 Å². The van der Waals surface area contributed by atoms with Gasteiger partial charge in [-0.2, -0.15) is 0 Å². The van der Waals surface area contributed by atoms with Crippen LogP contribution in [0.4, 0.5) is 5.69 Å².